The molecule has 0 aromatic heterocycles. The summed E-state index contributed by atoms with van der Waals surface area (Å²) >= 11 is 0. The van der Waals surface area contributed by atoms with Gasteiger partial charge in [-0.15, -0.1) is 0 Å². The minimum absolute atomic E-state index is 0.819. The molecule has 0 radical (unpaired) electrons. The molecule has 0 saturated carbocycles. The topological polar surface area (TPSA) is 15.4 Å². The molecule has 3 rings (SSSR count). The van der Waals surface area contributed by atoms with Crippen LogP contribution in [-0.2, 0) is 0 Å². The predicted octanol–water partition coefficient (Wildman–Crippen LogP) is 4.27. The van der Waals surface area contributed by atoms with Gasteiger partial charge < -0.3 is 0 Å². The van der Waals surface area contributed by atoms with Crippen LogP contribution < -0.4 is 4.48 Å². The minimum atomic E-state index is 0.819. The molecule has 0 amide bonds. The highest BCUT2D eigenvalue weighted by molar-refractivity contribution is 5.69. The van der Waals surface area contributed by atoms with Gasteiger partial charge in [-0.25, -0.2) is 4.48 Å². The third kappa shape index (κ3) is 2.14. The zero-order valence-corrected chi connectivity index (χ0v) is 12.6. The van der Waals surface area contributed by atoms with Crippen molar-refractivity contribution in [2.24, 2.45) is 5.11 Å². The Morgan fingerprint density at radius 3 is 2.45 bits per heavy atom. The van der Waals surface area contributed by atoms with E-state index in [1.54, 1.807) is 0 Å². The van der Waals surface area contributed by atoms with E-state index in [0.29, 0.717) is 0 Å². The lowest BCUT2D eigenvalue weighted by Crippen LogP contribution is -2.47. The first kappa shape index (κ1) is 13.0. The molecule has 2 aromatic rings. The van der Waals surface area contributed by atoms with Crippen LogP contribution in [0.4, 0.5) is 17.1 Å². The second kappa shape index (κ2) is 4.53. The maximum Gasteiger partial charge on any atom is 0.306 e. The second-order valence-electron chi connectivity index (χ2n) is 6.11. The van der Waals surface area contributed by atoms with Gasteiger partial charge in [-0.1, -0.05) is 24.3 Å². The summed E-state index contributed by atoms with van der Waals surface area (Å²) in [6.45, 7) is 5.16. The molecule has 2 aromatic carbocycles. The van der Waals surface area contributed by atoms with Crippen LogP contribution in [0.3, 0.4) is 0 Å². The number of rotatable bonds is 1. The van der Waals surface area contributed by atoms with Crippen molar-refractivity contribution >= 4 is 17.1 Å². The standard InChI is InChI=1S/C17H21N3/c1-13-10-14(2)17-16(11-13)18-19(12-20(17,3)4)15-8-6-5-7-9-15/h5-11H,12H2,1-4H3/q+2. The fraction of sp³-hybridized carbons (Fsp3) is 0.294. The first-order valence-electron chi connectivity index (χ1n) is 6.96. The lowest BCUT2D eigenvalue weighted by Gasteiger charge is -2.30. The molecular weight excluding hydrogens is 246 g/mol. The van der Waals surface area contributed by atoms with Crippen LogP contribution in [0, 0.1) is 13.8 Å². The summed E-state index contributed by atoms with van der Waals surface area (Å²) in [5.74, 6) is 0. The Balaban J connectivity index is 2.20. The zero-order valence-electron chi connectivity index (χ0n) is 12.6. The molecule has 20 heavy (non-hydrogen) atoms. The van der Waals surface area contributed by atoms with Crippen LogP contribution in [0.15, 0.2) is 47.6 Å². The molecule has 0 aliphatic carbocycles. The average Bonchev–Trinajstić information content (AvgIpc) is 2.37. The minimum Gasteiger partial charge on any atom is -0.237 e. The molecule has 3 nitrogen and oxygen atoms in total. The van der Waals surface area contributed by atoms with E-state index >= 15 is 0 Å². The van der Waals surface area contributed by atoms with E-state index in [1.807, 2.05) is 6.07 Å². The number of nitrogens with zero attached hydrogens (tertiary/aromatic N) is 3. The highest BCUT2D eigenvalue weighted by Gasteiger charge is 2.37. The molecule has 0 spiro atoms. The summed E-state index contributed by atoms with van der Waals surface area (Å²) in [6.07, 6.45) is 0. The summed E-state index contributed by atoms with van der Waals surface area (Å²) in [6, 6.07) is 14.8. The molecule has 0 unspecified atom stereocenters. The van der Waals surface area contributed by atoms with E-state index in [-0.39, 0.29) is 0 Å². The number of hydrogen-bond donors (Lipinski definition) is 0. The van der Waals surface area contributed by atoms with Crippen molar-refractivity contribution in [1.29, 1.82) is 0 Å². The Hall–Kier alpha value is -2.00. The van der Waals surface area contributed by atoms with Crippen LogP contribution >= 0.6 is 0 Å². The fourth-order valence-corrected chi connectivity index (χ4v) is 3.11. The van der Waals surface area contributed by atoms with Crippen molar-refractivity contribution in [3.63, 3.8) is 0 Å². The highest BCUT2D eigenvalue weighted by atomic mass is 15.5. The number of para-hydroxylation sites is 1. The van der Waals surface area contributed by atoms with Gasteiger partial charge in [0.1, 0.15) is 0 Å². The average molecular weight is 267 g/mol. The van der Waals surface area contributed by atoms with E-state index in [4.69, 9.17) is 5.11 Å². The normalized spacial score (nSPS) is 16.5. The van der Waals surface area contributed by atoms with Crippen LogP contribution in [-0.4, -0.2) is 25.5 Å². The maximum absolute atomic E-state index is 4.85. The van der Waals surface area contributed by atoms with Gasteiger partial charge in [-0.3, -0.25) is 0 Å². The number of aryl methyl sites for hydroxylation is 2. The van der Waals surface area contributed by atoms with Gasteiger partial charge in [-0.05, 0) is 30.2 Å². The molecule has 0 fully saturated rings. The SMILES string of the molecule is Cc1cc(C)c2c(c1)N=[N+](c1ccccc1)C[N+]2(C)C. The molecule has 0 bridgehead atoms. The van der Waals surface area contributed by atoms with Crippen molar-refractivity contribution in [2.45, 2.75) is 13.8 Å². The Morgan fingerprint density at radius 1 is 1.05 bits per heavy atom. The highest BCUT2D eigenvalue weighted by Crippen LogP contribution is 2.40. The van der Waals surface area contributed by atoms with Crippen LogP contribution in [0.5, 0.6) is 0 Å². The van der Waals surface area contributed by atoms with E-state index < -0.39 is 0 Å². The molecule has 1 aliphatic heterocycles. The number of benzene rings is 2. The summed E-state index contributed by atoms with van der Waals surface area (Å²) in [7, 11) is 4.48. The van der Waals surface area contributed by atoms with Crippen LogP contribution in [0.2, 0.25) is 0 Å². The van der Waals surface area contributed by atoms with Gasteiger partial charge in [0.05, 0.1) is 14.1 Å². The van der Waals surface area contributed by atoms with Crippen molar-refractivity contribution < 1.29 is 4.70 Å². The third-order valence-corrected chi connectivity index (χ3v) is 3.80. The molecule has 3 heteroatoms. The monoisotopic (exact) mass is 267 g/mol. The molecule has 1 aliphatic rings. The number of hydrogen-bond acceptors (Lipinski definition) is 1. The number of azo groups is 2. The van der Waals surface area contributed by atoms with E-state index in [9.17, 15) is 0 Å². The number of quaternary nitrogens is 1. The van der Waals surface area contributed by atoms with E-state index in [0.717, 1.165) is 22.5 Å². The zero-order chi connectivity index (χ0) is 14.3. The molecule has 0 saturated heterocycles. The predicted molar refractivity (Wildman–Crippen MR) is 82.9 cm³/mol. The molecule has 1 heterocycles. The smallest absolute Gasteiger partial charge is 0.237 e. The van der Waals surface area contributed by atoms with Gasteiger partial charge in [0.25, 0.3) is 0 Å². The van der Waals surface area contributed by atoms with Gasteiger partial charge in [0.2, 0.25) is 5.69 Å². The van der Waals surface area contributed by atoms with Gasteiger partial charge in [-0.2, -0.15) is 0 Å². The number of fused-ring (bicyclic) bond motifs is 1. The summed E-state index contributed by atoms with van der Waals surface area (Å²) in [4.78, 5) is 0. The van der Waals surface area contributed by atoms with Gasteiger partial charge in [0, 0.05) is 22.8 Å². The van der Waals surface area contributed by atoms with Crippen LogP contribution in [0.1, 0.15) is 11.1 Å². The second-order valence-corrected chi connectivity index (χ2v) is 6.11. The lowest BCUT2D eigenvalue weighted by molar-refractivity contribution is -0.529. The van der Waals surface area contributed by atoms with E-state index in [2.05, 4.69) is 69.0 Å². The van der Waals surface area contributed by atoms with Crippen molar-refractivity contribution in [3.8, 4) is 0 Å². The first-order chi connectivity index (χ1) is 9.47. The van der Waals surface area contributed by atoms with E-state index in [1.165, 1.54) is 16.8 Å². The maximum atomic E-state index is 4.85. The van der Waals surface area contributed by atoms with Crippen molar-refractivity contribution in [3.05, 3.63) is 53.6 Å². The Kier molecular flexibility index (Phi) is 2.94. The lowest BCUT2D eigenvalue weighted by atomic mass is 10.1. The third-order valence-electron chi connectivity index (χ3n) is 3.80. The summed E-state index contributed by atoms with van der Waals surface area (Å²) in [5, 5.41) is 4.85. The Labute approximate surface area is 120 Å². The van der Waals surface area contributed by atoms with Crippen LogP contribution in [0.25, 0.3) is 0 Å². The summed E-state index contributed by atoms with van der Waals surface area (Å²) < 4.78 is 2.92. The Bertz CT molecular complexity index is 685. The first-order valence-corrected chi connectivity index (χ1v) is 6.96. The molecule has 0 atom stereocenters. The summed E-state index contributed by atoms with van der Waals surface area (Å²) in [5.41, 5.74) is 6.13. The molecule has 0 N–H and O–H groups in total. The largest absolute Gasteiger partial charge is 0.306 e. The van der Waals surface area contributed by atoms with Crippen molar-refractivity contribution in [2.75, 3.05) is 20.8 Å². The molecular formula is C17H21N3+2. The van der Waals surface area contributed by atoms with Gasteiger partial charge in [0.15, 0.2) is 11.4 Å². The van der Waals surface area contributed by atoms with Gasteiger partial charge >= 0.3 is 6.67 Å². The Morgan fingerprint density at radius 2 is 1.75 bits per heavy atom. The van der Waals surface area contributed by atoms with Crippen molar-refractivity contribution in [1.82, 2.24) is 4.48 Å². The quantitative estimate of drug-likeness (QED) is 0.541. The fourth-order valence-electron chi connectivity index (χ4n) is 3.11. The molecule has 102 valence electrons.